The van der Waals surface area contributed by atoms with Crippen molar-refractivity contribution in [2.45, 2.75) is 77.9 Å². The van der Waals surface area contributed by atoms with Gasteiger partial charge in [-0.25, -0.2) is 9.97 Å². The van der Waals surface area contributed by atoms with E-state index in [0.717, 1.165) is 22.4 Å². The summed E-state index contributed by atoms with van der Waals surface area (Å²) in [6, 6.07) is 13.0. The number of ketones is 1. The Morgan fingerprint density at radius 3 is 2.61 bits per heavy atom. The van der Waals surface area contributed by atoms with Gasteiger partial charge in [-0.3, -0.25) is 9.59 Å². The van der Waals surface area contributed by atoms with Crippen molar-refractivity contribution in [3.8, 4) is 17.3 Å². The molecular formula is C35H38N4O7. The molecule has 7 rings (SSSR count). The maximum absolute atomic E-state index is 14.0. The highest BCUT2D eigenvalue weighted by atomic mass is 16.5. The fourth-order valence-electron chi connectivity index (χ4n) is 6.89. The van der Waals surface area contributed by atoms with Gasteiger partial charge in [-0.05, 0) is 41.0 Å². The smallest absolute Gasteiger partial charge is 0.249 e. The molecule has 11 nitrogen and oxygen atoms in total. The second-order valence-electron chi connectivity index (χ2n) is 13.9. The molecule has 5 heterocycles. The number of benzene rings is 2. The lowest BCUT2D eigenvalue weighted by atomic mass is 9.72. The van der Waals surface area contributed by atoms with Crippen LogP contribution in [0.1, 0.15) is 81.1 Å². The Bertz CT molecular complexity index is 1840. The SMILES string of the molecule is CC(C)[C@@H]1NC(=O)[C@@H](CC(=O)[C@@H](O)C(C)(C)C)Cc2ccc3c(c2)C2(c4ccccc4N[C@H]2O3)c2oc1nc2-c1nc(CO)co1. The van der Waals surface area contributed by atoms with Gasteiger partial charge in [0.25, 0.3) is 0 Å². The van der Waals surface area contributed by atoms with Crippen molar-refractivity contribution >= 4 is 17.4 Å². The van der Waals surface area contributed by atoms with E-state index in [0.29, 0.717) is 22.9 Å². The number of rotatable bonds is 6. The van der Waals surface area contributed by atoms with Gasteiger partial charge in [-0.1, -0.05) is 65.0 Å². The van der Waals surface area contributed by atoms with Gasteiger partial charge < -0.3 is 34.4 Å². The maximum atomic E-state index is 14.0. The number of carbonyl (C=O) groups excluding carboxylic acids is 2. The van der Waals surface area contributed by atoms with E-state index in [1.807, 2.05) is 56.3 Å². The molecule has 46 heavy (non-hydrogen) atoms. The number of carbonyl (C=O) groups is 2. The van der Waals surface area contributed by atoms with Crippen molar-refractivity contribution in [2.75, 3.05) is 5.32 Å². The Balaban J connectivity index is 1.47. The van der Waals surface area contributed by atoms with Crippen molar-refractivity contribution < 1.29 is 33.4 Å². The minimum absolute atomic E-state index is 0.136. The van der Waals surface area contributed by atoms with Crippen LogP contribution in [0.25, 0.3) is 11.6 Å². The van der Waals surface area contributed by atoms with Crippen molar-refractivity contribution in [3.63, 3.8) is 0 Å². The molecule has 4 bridgehead atoms. The van der Waals surface area contributed by atoms with E-state index < -0.39 is 35.1 Å². The minimum Gasteiger partial charge on any atom is -0.469 e. The van der Waals surface area contributed by atoms with Crippen LogP contribution < -0.4 is 15.4 Å². The molecule has 1 unspecified atom stereocenters. The van der Waals surface area contributed by atoms with Gasteiger partial charge in [0, 0.05) is 23.6 Å². The number of oxazole rings is 2. The zero-order valence-electron chi connectivity index (χ0n) is 26.5. The molecule has 3 aliphatic heterocycles. The standard InChI is InChI=1S/C35H38N4O7/c1-17(2)26-32-39-27(31-36-20(15-40)16-44-31)29(46-32)35-21-8-6-7-9-23(21)37-33(35)45-25-11-10-18(13-22(25)35)12-19(30(43)38-26)14-24(41)28(42)34(3,4)5/h6-11,13,16-17,19,26,28,33,37,40,42H,12,14-15H2,1-5H3,(H,38,43)/t19-,26+,28-,33+,35?/m1/s1. The summed E-state index contributed by atoms with van der Waals surface area (Å²) in [5, 5.41) is 27.2. The Labute approximate surface area is 266 Å². The summed E-state index contributed by atoms with van der Waals surface area (Å²) in [5.74, 6) is -0.159. The molecule has 0 saturated heterocycles. The zero-order valence-corrected chi connectivity index (χ0v) is 26.5. The van der Waals surface area contributed by atoms with Gasteiger partial charge in [-0.2, -0.15) is 0 Å². The number of hydrogen-bond acceptors (Lipinski definition) is 10. The van der Waals surface area contributed by atoms with Crippen molar-refractivity contribution in [3.05, 3.63) is 82.8 Å². The van der Waals surface area contributed by atoms with Crippen LogP contribution in [0, 0.1) is 17.3 Å². The molecule has 3 aliphatic rings. The zero-order chi connectivity index (χ0) is 32.5. The van der Waals surface area contributed by atoms with Gasteiger partial charge in [-0.15, -0.1) is 0 Å². The number of fused-ring (bicyclic) bond motifs is 4. The first-order chi connectivity index (χ1) is 21.9. The summed E-state index contributed by atoms with van der Waals surface area (Å²) >= 11 is 0. The first-order valence-electron chi connectivity index (χ1n) is 15.7. The van der Waals surface area contributed by atoms with E-state index in [-0.39, 0.29) is 48.8 Å². The lowest BCUT2D eigenvalue weighted by Crippen LogP contribution is -2.41. The molecule has 2 aromatic heterocycles. The number of ether oxygens (including phenoxy) is 1. The average molecular weight is 627 g/mol. The highest BCUT2D eigenvalue weighted by Crippen LogP contribution is 2.59. The van der Waals surface area contributed by atoms with E-state index in [2.05, 4.69) is 15.6 Å². The van der Waals surface area contributed by atoms with E-state index in [4.69, 9.17) is 18.6 Å². The number of nitrogens with zero attached hydrogens (tertiary/aromatic N) is 2. The quantitative estimate of drug-likeness (QED) is 0.237. The number of aliphatic hydroxyl groups is 2. The van der Waals surface area contributed by atoms with Gasteiger partial charge in [0.2, 0.25) is 17.7 Å². The van der Waals surface area contributed by atoms with Crippen molar-refractivity contribution in [1.82, 2.24) is 15.3 Å². The highest BCUT2D eigenvalue weighted by Gasteiger charge is 2.61. The van der Waals surface area contributed by atoms with E-state index in [1.165, 1.54) is 6.26 Å². The van der Waals surface area contributed by atoms with E-state index >= 15 is 0 Å². The van der Waals surface area contributed by atoms with Crippen LogP contribution in [0.3, 0.4) is 0 Å². The van der Waals surface area contributed by atoms with Gasteiger partial charge in [0.15, 0.2) is 23.5 Å². The third kappa shape index (κ3) is 4.63. The molecule has 5 atom stereocenters. The van der Waals surface area contributed by atoms with Gasteiger partial charge >= 0.3 is 0 Å². The van der Waals surface area contributed by atoms with Crippen LogP contribution in [0.15, 0.2) is 57.6 Å². The molecule has 4 aromatic rings. The average Bonchev–Trinajstić information content (AvgIpc) is 3.78. The lowest BCUT2D eigenvalue weighted by molar-refractivity contribution is -0.137. The Kier molecular flexibility index (Phi) is 7.09. The van der Waals surface area contributed by atoms with Crippen LogP contribution in [0.5, 0.6) is 5.75 Å². The van der Waals surface area contributed by atoms with Crippen LogP contribution in [-0.4, -0.2) is 44.2 Å². The first-order valence-corrected chi connectivity index (χ1v) is 15.7. The number of hydrogen-bond donors (Lipinski definition) is 4. The van der Waals surface area contributed by atoms with E-state index in [9.17, 15) is 19.8 Å². The summed E-state index contributed by atoms with van der Waals surface area (Å²) in [7, 11) is 0. The Morgan fingerprint density at radius 1 is 1.11 bits per heavy atom. The largest absolute Gasteiger partial charge is 0.469 e. The monoisotopic (exact) mass is 626 g/mol. The molecule has 0 radical (unpaired) electrons. The molecule has 0 aliphatic carbocycles. The predicted molar refractivity (Wildman–Crippen MR) is 167 cm³/mol. The molecule has 11 heteroatoms. The van der Waals surface area contributed by atoms with Crippen LogP contribution in [0.2, 0.25) is 0 Å². The molecule has 2 aromatic carbocycles. The number of aromatic nitrogens is 2. The number of Topliss-reactive ketones (excluding diaryl/α,β-unsaturated/α-hetero) is 1. The Morgan fingerprint density at radius 2 is 1.89 bits per heavy atom. The van der Waals surface area contributed by atoms with Crippen LogP contribution >= 0.6 is 0 Å². The molecule has 240 valence electrons. The topological polar surface area (TPSA) is 160 Å². The molecule has 1 spiro atoms. The van der Waals surface area contributed by atoms with Gasteiger partial charge in [0.05, 0.1) is 6.61 Å². The third-order valence-electron chi connectivity index (χ3n) is 9.32. The van der Waals surface area contributed by atoms with Crippen molar-refractivity contribution in [1.29, 1.82) is 0 Å². The summed E-state index contributed by atoms with van der Waals surface area (Å²) in [4.78, 5) is 36.8. The summed E-state index contributed by atoms with van der Waals surface area (Å²) < 4.78 is 19.2. The molecule has 0 fully saturated rings. The maximum Gasteiger partial charge on any atom is 0.249 e. The van der Waals surface area contributed by atoms with Crippen LogP contribution in [0.4, 0.5) is 5.69 Å². The minimum atomic E-state index is -1.22. The van der Waals surface area contributed by atoms with Gasteiger partial charge in [0.1, 0.15) is 35.3 Å². The summed E-state index contributed by atoms with van der Waals surface area (Å²) in [5.41, 5.74) is 2.40. The lowest BCUT2D eigenvalue weighted by Gasteiger charge is -2.29. The number of nitrogens with one attached hydrogen (secondary N) is 2. The molecule has 4 N–H and O–H groups in total. The molecule has 1 amide bonds. The molecular weight excluding hydrogens is 588 g/mol. The number of anilines is 1. The Hall–Kier alpha value is -4.48. The summed E-state index contributed by atoms with van der Waals surface area (Å²) in [6.07, 6.45) is -0.312. The predicted octanol–water partition coefficient (Wildman–Crippen LogP) is 4.65. The number of para-hydroxylation sites is 1. The van der Waals surface area contributed by atoms with E-state index in [1.54, 1.807) is 20.8 Å². The highest BCUT2D eigenvalue weighted by molar-refractivity contribution is 5.90. The first kappa shape index (κ1) is 30.2. The normalized spacial score (nSPS) is 23.8. The summed E-state index contributed by atoms with van der Waals surface area (Å²) in [6.45, 7) is 8.97. The second-order valence-corrected chi connectivity index (χ2v) is 13.9. The second kappa shape index (κ2) is 10.8. The number of aliphatic hydroxyl groups excluding tert-OH is 2. The third-order valence-corrected chi connectivity index (χ3v) is 9.32. The number of amides is 1. The van der Waals surface area contributed by atoms with Crippen LogP contribution in [-0.2, 0) is 28.0 Å². The van der Waals surface area contributed by atoms with Crippen molar-refractivity contribution in [2.24, 2.45) is 17.3 Å². The fraction of sp³-hybridized carbons (Fsp3) is 0.429. The fourth-order valence-corrected chi connectivity index (χ4v) is 6.89. The molecule has 0 saturated carbocycles.